The Morgan fingerprint density at radius 1 is 1.00 bits per heavy atom. The Balaban J connectivity index is 1.43. The number of phenolic OH excluding ortho intramolecular Hbond substituents is 1. The quantitative estimate of drug-likeness (QED) is 0.742. The second-order valence-electron chi connectivity index (χ2n) is 8.40. The van der Waals surface area contributed by atoms with E-state index >= 15 is 0 Å². The number of aromatic hydroxyl groups is 1. The summed E-state index contributed by atoms with van der Waals surface area (Å²) in [5, 5.41) is 11.9. The van der Waals surface area contributed by atoms with Crippen molar-refractivity contribution in [3.05, 3.63) is 65.7 Å². The molecule has 2 fully saturated rings. The van der Waals surface area contributed by atoms with Crippen LogP contribution < -0.4 is 5.32 Å². The molecule has 2 saturated heterocycles. The van der Waals surface area contributed by atoms with Gasteiger partial charge in [-0.2, -0.15) is 0 Å². The number of hydrogen-bond acceptors (Lipinski definition) is 4. The van der Waals surface area contributed by atoms with Crippen molar-refractivity contribution in [1.29, 1.82) is 0 Å². The lowest BCUT2D eigenvalue weighted by atomic mass is 9.64. The highest BCUT2D eigenvalue weighted by molar-refractivity contribution is 5.99. The maximum atomic E-state index is 12.3. The molecular formula is C24H28N2O3. The largest absolute Gasteiger partial charge is 0.508 e. The third kappa shape index (κ3) is 4.35. The molecule has 2 aliphatic heterocycles. The molecule has 2 amide bonds. The summed E-state index contributed by atoms with van der Waals surface area (Å²) in [5.41, 5.74) is 1.94. The monoisotopic (exact) mass is 392 g/mol. The number of nitrogens with one attached hydrogen (secondary N) is 1. The number of carbonyl (C=O) groups excluding carboxylic acids is 2. The van der Waals surface area contributed by atoms with Crippen LogP contribution in [0.4, 0.5) is 0 Å². The van der Waals surface area contributed by atoms with Gasteiger partial charge < -0.3 is 10.0 Å². The molecule has 5 nitrogen and oxygen atoms in total. The molecule has 29 heavy (non-hydrogen) atoms. The van der Waals surface area contributed by atoms with Crippen LogP contribution in [0.5, 0.6) is 5.75 Å². The summed E-state index contributed by atoms with van der Waals surface area (Å²) in [7, 11) is 0. The zero-order chi connectivity index (χ0) is 20.3. The number of benzene rings is 2. The number of imide groups is 1. The highest BCUT2D eigenvalue weighted by atomic mass is 16.3. The first-order chi connectivity index (χ1) is 14.0. The van der Waals surface area contributed by atoms with E-state index in [2.05, 4.69) is 22.3 Å². The zero-order valence-electron chi connectivity index (χ0n) is 16.6. The van der Waals surface area contributed by atoms with Gasteiger partial charge in [0.1, 0.15) is 5.75 Å². The molecular weight excluding hydrogens is 364 g/mol. The molecule has 0 aliphatic carbocycles. The van der Waals surface area contributed by atoms with Crippen molar-refractivity contribution < 1.29 is 14.7 Å². The minimum absolute atomic E-state index is 0.157. The summed E-state index contributed by atoms with van der Waals surface area (Å²) in [5.74, 6) is 0.286. The van der Waals surface area contributed by atoms with Gasteiger partial charge in [0.05, 0.1) is 0 Å². The molecule has 0 spiro atoms. The van der Waals surface area contributed by atoms with Crippen LogP contribution in [0, 0.1) is 5.92 Å². The molecule has 0 saturated carbocycles. The summed E-state index contributed by atoms with van der Waals surface area (Å²) in [4.78, 5) is 27.0. The molecule has 152 valence electrons. The van der Waals surface area contributed by atoms with E-state index in [1.54, 1.807) is 12.1 Å². The standard InChI is InChI=1S/C24H28N2O3/c27-21-10-8-18(9-11-21)5-4-13-26-14-12-20(17-26)24(19-6-2-1-3-7-19)15-22(28)25-23(29)16-24/h1-3,6-11,20,27H,4-5,12-17H2,(H,25,28,29). The van der Waals surface area contributed by atoms with E-state index < -0.39 is 5.41 Å². The van der Waals surface area contributed by atoms with Crippen LogP contribution in [0.3, 0.4) is 0 Å². The first-order valence-electron chi connectivity index (χ1n) is 10.4. The first kappa shape index (κ1) is 19.6. The van der Waals surface area contributed by atoms with E-state index in [1.165, 1.54) is 5.56 Å². The van der Waals surface area contributed by atoms with Gasteiger partial charge in [-0.3, -0.25) is 14.9 Å². The van der Waals surface area contributed by atoms with Gasteiger partial charge in [-0.1, -0.05) is 42.5 Å². The van der Waals surface area contributed by atoms with E-state index in [9.17, 15) is 14.7 Å². The van der Waals surface area contributed by atoms with Crippen molar-refractivity contribution in [3.63, 3.8) is 0 Å². The van der Waals surface area contributed by atoms with Gasteiger partial charge in [0.25, 0.3) is 0 Å². The maximum absolute atomic E-state index is 12.3. The molecule has 4 rings (SSSR count). The molecule has 2 heterocycles. The van der Waals surface area contributed by atoms with Gasteiger partial charge >= 0.3 is 0 Å². The minimum atomic E-state index is -0.396. The summed E-state index contributed by atoms with van der Waals surface area (Å²) < 4.78 is 0. The summed E-state index contributed by atoms with van der Waals surface area (Å²) in [6.45, 7) is 2.93. The number of aryl methyl sites for hydroxylation is 1. The number of amides is 2. The average Bonchev–Trinajstić information content (AvgIpc) is 3.19. The number of carbonyl (C=O) groups is 2. The molecule has 2 aromatic carbocycles. The van der Waals surface area contributed by atoms with E-state index in [4.69, 9.17) is 0 Å². The molecule has 2 aromatic rings. The second-order valence-corrected chi connectivity index (χ2v) is 8.40. The van der Waals surface area contributed by atoms with E-state index in [0.29, 0.717) is 24.5 Å². The fraction of sp³-hybridized carbons (Fsp3) is 0.417. The molecule has 5 heteroatoms. The molecule has 1 atom stereocenters. The molecule has 0 aromatic heterocycles. The molecule has 1 unspecified atom stereocenters. The van der Waals surface area contributed by atoms with Gasteiger partial charge in [0, 0.05) is 24.8 Å². The number of nitrogens with zero attached hydrogens (tertiary/aromatic N) is 1. The predicted molar refractivity (Wildman–Crippen MR) is 111 cm³/mol. The number of rotatable bonds is 6. The molecule has 0 radical (unpaired) electrons. The third-order valence-corrected chi connectivity index (χ3v) is 6.51. The average molecular weight is 392 g/mol. The van der Waals surface area contributed by atoms with Crippen LogP contribution in [-0.4, -0.2) is 41.5 Å². The van der Waals surface area contributed by atoms with Crippen LogP contribution in [-0.2, 0) is 21.4 Å². The summed E-state index contributed by atoms with van der Waals surface area (Å²) >= 11 is 0. The van der Waals surface area contributed by atoms with Crippen molar-refractivity contribution in [1.82, 2.24) is 10.2 Å². The molecule has 2 aliphatic rings. The van der Waals surface area contributed by atoms with Gasteiger partial charge in [-0.25, -0.2) is 0 Å². The predicted octanol–water partition coefficient (Wildman–Crippen LogP) is 3.02. The Morgan fingerprint density at radius 3 is 2.38 bits per heavy atom. The Morgan fingerprint density at radius 2 is 1.69 bits per heavy atom. The lowest BCUT2D eigenvalue weighted by Crippen LogP contribution is -2.51. The zero-order valence-corrected chi connectivity index (χ0v) is 16.6. The fourth-order valence-electron chi connectivity index (χ4n) is 5.03. The molecule has 0 bridgehead atoms. The number of piperidine rings is 1. The van der Waals surface area contributed by atoms with E-state index in [1.807, 2.05) is 30.3 Å². The highest BCUT2D eigenvalue weighted by Gasteiger charge is 2.48. The lowest BCUT2D eigenvalue weighted by molar-refractivity contribution is -0.136. The van der Waals surface area contributed by atoms with Crippen LogP contribution in [0.25, 0.3) is 0 Å². The van der Waals surface area contributed by atoms with Gasteiger partial charge in [-0.05, 0) is 61.5 Å². The minimum Gasteiger partial charge on any atom is -0.508 e. The van der Waals surface area contributed by atoms with Crippen LogP contribution in [0.15, 0.2) is 54.6 Å². The number of hydrogen-bond donors (Lipinski definition) is 2. The van der Waals surface area contributed by atoms with Gasteiger partial charge in [0.2, 0.25) is 11.8 Å². The normalized spacial score (nSPS) is 21.9. The van der Waals surface area contributed by atoms with Crippen molar-refractivity contribution in [3.8, 4) is 5.75 Å². The summed E-state index contributed by atoms with van der Waals surface area (Å²) in [6.07, 6.45) is 3.81. The van der Waals surface area contributed by atoms with Crippen molar-refractivity contribution in [2.24, 2.45) is 5.92 Å². The van der Waals surface area contributed by atoms with Crippen LogP contribution >= 0.6 is 0 Å². The van der Waals surface area contributed by atoms with Gasteiger partial charge in [0.15, 0.2) is 0 Å². The smallest absolute Gasteiger partial charge is 0.227 e. The van der Waals surface area contributed by atoms with Crippen molar-refractivity contribution in [2.45, 2.75) is 37.5 Å². The van der Waals surface area contributed by atoms with E-state index in [-0.39, 0.29) is 11.8 Å². The SMILES string of the molecule is O=C1CC(c2ccccc2)(C2CCN(CCCc3ccc(O)cc3)C2)CC(=O)N1. The number of likely N-dealkylation sites (tertiary alicyclic amines) is 1. The topological polar surface area (TPSA) is 69.6 Å². The first-order valence-corrected chi connectivity index (χ1v) is 10.4. The number of phenols is 1. The lowest BCUT2D eigenvalue weighted by Gasteiger charge is -2.41. The maximum Gasteiger partial charge on any atom is 0.227 e. The van der Waals surface area contributed by atoms with Crippen LogP contribution in [0.1, 0.15) is 36.8 Å². The second kappa shape index (κ2) is 8.37. The highest BCUT2D eigenvalue weighted by Crippen LogP contribution is 2.45. The van der Waals surface area contributed by atoms with Crippen molar-refractivity contribution in [2.75, 3.05) is 19.6 Å². The third-order valence-electron chi connectivity index (χ3n) is 6.51. The van der Waals surface area contributed by atoms with Crippen LogP contribution in [0.2, 0.25) is 0 Å². The molecule has 2 N–H and O–H groups in total. The fourth-order valence-corrected chi connectivity index (χ4v) is 5.03. The Labute approximate surface area is 171 Å². The van der Waals surface area contributed by atoms with Crippen molar-refractivity contribution >= 4 is 11.8 Å². The van der Waals surface area contributed by atoms with E-state index in [0.717, 1.165) is 44.5 Å². The Hall–Kier alpha value is -2.66. The Bertz CT molecular complexity index is 847. The summed E-state index contributed by atoms with van der Waals surface area (Å²) in [6, 6.07) is 17.5. The van der Waals surface area contributed by atoms with Gasteiger partial charge in [-0.15, -0.1) is 0 Å². The Kier molecular flexibility index (Phi) is 5.67.